The first kappa shape index (κ1) is 12.4. The van der Waals surface area contributed by atoms with Crippen LogP contribution in [0.25, 0.3) is 0 Å². The minimum atomic E-state index is -0.546. The summed E-state index contributed by atoms with van der Waals surface area (Å²) in [7, 11) is 0. The van der Waals surface area contributed by atoms with E-state index in [0.717, 1.165) is 18.2 Å². The molecule has 3 nitrogen and oxygen atoms in total. The Labute approximate surface area is 108 Å². The molecule has 0 aliphatic heterocycles. The zero-order chi connectivity index (χ0) is 13.1. The highest BCUT2D eigenvalue weighted by molar-refractivity contribution is 7.80. The third-order valence-corrected chi connectivity index (χ3v) is 2.43. The third-order valence-electron chi connectivity index (χ3n) is 2.22. The third kappa shape index (κ3) is 2.78. The Hall–Kier alpha value is -2.08. The van der Waals surface area contributed by atoms with E-state index in [2.05, 4.69) is 10.3 Å². The van der Waals surface area contributed by atoms with Gasteiger partial charge in [0.05, 0.1) is 23.3 Å². The molecule has 0 saturated heterocycles. The molecule has 0 unspecified atom stereocenters. The number of anilines is 2. The largest absolute Gasteiger partial charge is 0.388 e. The summed E-state index contributed by atoms with van der Waals surface area (Å²) in [5.74, 6) is -1.07. The van der Waals surface area contributed by atoms with E-state index in [4.69, 9.17) is 18.0 Å². The summed E-state index contributed by atoms with van der Waals surface area (Å²) in [4.78, 5) is 4.16. The molecule has 92 valence electrons. The highest BCUT2D eigenvalue weighted by atomic mass is 32.1. The maximum Gasteiger partial charge on any atom is 0.146 e. The number of benzene rings is 1. The first-order valence-corrected chi connectivity index (χ1v) is 5.45. The SMILES string of the molecule is NC(=S)c1ccc(Nc2cc(F)ccc2F)cn1. The number of thiocarbonyl (C=S) groups is 1. The minimum Gasteiger partial charge on any atom is -0.388 e. The molecule has 1 aromatic heterocycles. The molecule has 0 aliphatic rings. The molecule has 1 heterocycles. The molecule has 0 bridgehead atoms. The monoisotopic (exact) mass is 265 g/mol. The Balaban J connectivity index is 2.23. The Morgan fingerprint density at radius 3 is 2.61 bits per heavy atom. The van der Waals surface area contributed by atoms with Gasteiger partial charge in [-0.25, -0.2) is 8.78 Å². The Bertz CT molecular complexity index is 584. The molecule has 3 N–H and O–H groups in total. The van der Waals surface area contributed by atoms with Crippen molar-refractivity contribution < 1.29 is 8.78 Å². The molecule has 1 aromatic carbocycles. The molecule has 0 radical (unpaired) electrons. The molecule has 6 heteroatoms. The van der Waals surface area contributed by atoms with Crippen LogP contribution in [0.1, 0.15) is 5.69 Å². The van der Waals surface area contributed by atoms with Gasteiger partial charge in [0, 0.05) is 6.07 Å². The van der Waals surface area contributed by atoms with Gasteiger partial charge in [0.25, 0.3) is 0 Å². The predicted octanol–water partition coefficient (Wildman–Crippen LogP) is 2.74. The van der Waals surface area contributed by atoms with E-state index in [0.29, 0.717) is 11.4 Å². The summed E-state index contributed by atoms with van der Waals surface area (Å²) in [5, 5.41) is 2.72. The number of hydrogen-bond acceptors (Lipinski definition) is 3. The van der Waals surface area contributed by atoms with E-state index >= 15 is 0 Å². The molecule has 0 fully saturated rings. The van der Waals surface area contributed by atoms with E-state index in [1.807, 2.05) is 0 Å². The van der Waals surface area contributed by atoms with Crippen molar-refractivity contribution in [1.82, 2.24) is 4.98 Å². The van der Waals surface area contributed by atoms with Gasteiger partial charge in [-0.1, -0.05) is 12.2 Å². The molecule has 0 spiro atoms. The summed E-state index contributed by atoms with van der Waals surface area (Å²) in [6, 6.07) is 6.40. The average molecular weight is 265 g/mol. The fourth-order valence-electron chi connectivity index (χ4n) is 1.36. The molecule has 18 heavy (non-hydrogen) atoms. The van der Waals surface area contributed by atoms with Crippen molar-refractivity contribution in [3.63, 3.8) is 0 Å². The van der Waals surface area contributed by atoms with Gasteiger partial charge in [0.15, 0.2) is 0 Å². The van der Waals surface area contributed by atoms with Crippen LogP contribution in [0.2, 0.25) is 0 Å². The van der Waals surface area contributed by atoms with Gasteiger partial charge in [0.2, 0.25) is 0 Å². The average Bonchev–Trinajstić information content (AvgIpc) is 2.34. The second-order valence-electron chi connectivity index (χ2n) is 3.55. The van der Waals surface area contributed by atoms with E-state index < -0.39 is 11.6 Å². The first-order chi connectivity index (χ1) is 8.56. The topological polar surface area (TPSA) is 50.9 Å². The standard InChI is InChI=1S/C12H9F2N3S/c13-7-1-3-9(14)11(5-7)17-8-2-4-10(12(15)18)16-6-8/h1-6,17H,(H2,15,18). The number of nitrogens with zero attached hydrogens (tertiary/aromatic N) is 1. The van der Waals surface area contributed by atoms with Crippen molar-refractivity contribution in [2.24, 2.45) is 5.73 Å². The molecule has 0 atom stereocenters. The van der Waals surface area contributed by atoms with Gasteiger partial charge in [-0.3, -0.25) is 4.98 Å². The van der Waals surface area contributed by atoms with Gasteiger partial charge in [0.1, 0.15) is 16.6 Å². The van der Waals surface area contributed by atoms with Crippen LogP contribution in [0.15, 0.2) is 36.5 Å². The van der Waals surface area contributed by atoms with Crippen LogP contribution < -0.4 is 11.1 Å². The number of nitrogens with one attached hydrogen (secondary N) is 1. The van der Waals surface area contributed by atoms with Crippen molar-refractivity contribution >= 4 is 28.6 Å². The second kappa shape index (κ2) is 5.05. The highest BCUT2D eigenvalue weighted by Crippen LogP contribution is 2.20. The molecule has 0 amide bonds. The number of nitrogens with two attached hydrogens (primary N) is 1. The molecule has 0 aliphatic carbocycles. The Morgan fingerprint density at radius 1 is 1.22 bits per heavy atom. The molecule has 2 aromatic rings. The number of rotatable bonds is 3. The van der Waals surface area contributed by atoms with Gasteiger partial charge in [-0.15, -0.1) is 0 Å². The second-order valence-corrected chi connectivity index (χ2v) is 3.99. The zero-order valence-corrected chi connectivity index (χ0v) is 9.97. The summed E-state index contributed by atoms with van der Waals surface area (Å²) >= 11 is 4.76. The molecule has 0 saturated carbocycles. The van der Waals surface area contributed by atoms with Crippen LogP contribution in [0.5, 0.6) is 0 Å². The normalized spacial score (nSPS) is 10.1. The lowest BCUT2D eigenvalue weighted by Gasteiger charge is -2.07. The van der Waals surface area contributed by atoms with Gasteiger partial charge < -0.3 is 11.1 Å². The van der Waals surface area contributed by atoms with Crippen LogP contribution in [-0.4, -0.2) is 9.97 Å². The highest BCUT2D eigenvalue weighted by Gasteiger charge is 2.05. The van der Waals surface area contributed by atoms with Crippen molar-refractivity contribution in [2.75, 3.05) is 5.32 Å². The van der Waals surface area contributed by atoms with E-state index in [1.54, 1.807) is 12.1 Å². The van der Waals surface area contributed by atoms with Crippen molar-refractivity contribution in [1.29, 1.82) is 0 Å². The predicted molar refractivity (Wildman–Crippen MR) is 69.8 cm³/mol. The van der Waals surface area contributed by atoms with Crippen molar-refractivity contribution in [3.05, 3.63) is 53.9 Å². The smallest absolute Gasteiger partial charge is 0.146 e. The quantitative estimate of drug-likeness (QED) is 0.838. The lowest BCUT2D eigenvalue weighted by molar-refractivity contribution is 0.603. The van der Waals surface area contributed by atoms with Crippen LogP contribution in [-0.2, 0) is 0 Å². The van der Waals surface area contributed by atoms with Crippen LogP contribution >= 0.6 is 12.2 Å². The summed E-state index contributed by atoms with van der Waals surface area (Å²) in [6.07, 6.45) is 1.44. The minimum absolute atomic E-state index is 0.0416. The van der Waals surface area contributed by atoms with E-state index in [1.165, 1.54) is 6.20 Å². The van der Waals surface area contributed by atoms with Crippen LogP contribution in [0.4, 0.5) is 20.2 Å². The van der Waals surface area contributed by atoms with Gasteiger partial charge in [-0.2, -0.15) is 0 Å². The fraction of sp³-hybridized carbons (Fsp3) is 0. The summed E-state index contributed by atoms with van der Waals surface area (Å²) in [6.45, 7) is 0. The lowest BCUT2D eigenvalue weighted by atomic mass is 10.2. The number of pyridine rings is 1. The number of aromatic nitrogens is 1. The Kier molecular flexibility index (Phi) is 3.47. The fourth-order valence-corrected chi connectivity index (χ4v) is 1.48. The summed E-state index contributed by atoms with van der Waals surface area (Å²) < 4.78 is 26.3. The maximum atomic E-state index is 13.4. The first-order valence-electron chi connectivity index (χ1n) is 5.04. The Morgan fingerprint density at radius 2 is 2.00 bits per heavy atom. The van der Waals surface area contributed by atoms with Crippen molar-refractivity contribution in [3.8, 4) is 0 Å². The number of halogens is 2. The molecular weight excluding hydrogens is 256 g/mol. The van der Waals surface area contributed by atoms with Gasteiger partial charge >= 0.3 is 0 Å². The zero-order valence-electron chi connectivity index (χ0n) is 9.15. The van der Waals surface area contributed by atoms with Crippen LogP contribution in [0, 0.1) is 11.6 Å². The summed E-state index contributed by atoms with van der Waals surface area (Å²) in [5.41, 5.74) is 6.42. The van der Waals surface area contributed by atoms with Crippen molar-refractivity contribution in [2.45, 2.75) is 0 Å². The molecule has 2 rings (SSSR count). The molecular formula is C12H9F2N3S. The van der Waals surface area contributed by atoms with Gasteiger partial charge in [-0.05, 0) is 24.3 Å². The lowest BCUT2D eigenvalue weighted by Crippen LogP contribution is -2.11. The van der Waals surface area contributed by atoms with Crippen LogP contribution in [0.3, 0.4) is 0 Å². The number of hydrogen-bond donors (Lipinski definition) is 2. The maximum absolute atomic E-state index is 13.4. The van der Waals surface area contributed by atoms with E-state index in [-0.39, 0.29) is 10.7 Å². The van der Waals surface area contributed by atoms with E-state index in [9.17, 15) is 8.78 Å².